The first-order chi connectivity index (χ1) is 18.0. The molecule has 188 valence electrons. The molecule has 1 aliphatic heterocycles. The van der Waals surface area contributed by atoms with Gasteiger partial charge < -0.3 is 20.9 Å². The Labute approximate surface area is 216 Å². The average Bonchev–Trinajstić information content (AvgIpc) is 2.87. The maximum absolute atomic E-state index is 11.7. The summed E-state index contributed by atoms with van der Waals surface area (Å²) in [7, 11) is 0. The lowest BCUT2D eigenvalue weighted by atomic mass is 9.92. The average molecular weight is 495 g/mol. The predicted molar refractivity (Wildman–Crippen MR) is 152 cm³/mol. The Bertz CT molecular complexity index is 1310. The van der Waals surface area contributed by atoms with Crippen molar-refractivity contribution >= 4 is 46.9 Å². The van der Waals surface area contributed by atoms with E-state index >= 15 is 0 Å². The summed E-state index contributed by atoms with van der Waals surface area (Å²) in [5, 5.41) is 9.58. The summed E-state index contributed by atoms with van der Waals surface area (Å²) in [6, 6.07) is 15.9. The van der Waals surface area contributed by atoms with Gasteiger partial charge in [-0.3, -0.25) is 19.6 Å². The molecule has 3 N–H and O–H groups in total. The van der Waals surface area contributed by atoms with E-state index in [1.807, 2.05) is 71.7 Å². The van der Waals surface area contributed by atoms with Crippen molar-refractivity contribution in [1.82, 2.24) is 4.90 Å². The van der Waals surface area contributed by atoms with Gasteiger partial charge in [-0.1, -0.05) is 36.9 Å². The number of carbonyl (C=O) groups is 2. The Morgan fingerprint density at radius 1 is 1.11 bits per heavy atom. The van der Waals surface area contributed by atoms with E-state index in [1.165, 1.54) is 6.08 Å². The van der Waals surface area contributed by atoms with Crippen molar-refractivity contribution in [2.24, 2.45) is 9.98 Å². The van der Waals surface area contributed by atoms with Crippen LogP contribution in [0.3, 0.4) is 0 Å². The van der Waals surface area contributed by atoms with Gasteiger partial charge >= 0.3 is 0 Å². The van der Waals surface area contributed by atoms with Crippen molar-refractivity contribution in [2.45, 2.75) is 13.0 Å². The van der Waals surface area contributed by atoms with E-state index in [9.17, 15) is 9.59 Å². The van der Waals surface area contributed by atoms with Crippen molar-refractivity contribution in [3.8, 4) is 0 Å². The molecule has 0 saturated carbocycles. The fourth-order valence-corrected chi connectivity index (χ4v) is 4.09. The molecule has 1 heterocycles. The number of amides is 2. The van der Waals surface area contributed by atoms with E-state index in [1.54, 1.807) is 13.1 Å². The first kappa shape index (κ1) is 25.4. The van der Waals surface area contributed by atoms with Gasteiger partial charge in [-0.05, 0) is 54.8 Å². The molecule has 37 heavy (non-hydrogen) atoms. The number of anilines is 3. The topological polar surface area (TPSA) is 98.2 Å². The molecule has 8 heteroatoms. The summed E-state index contributed by atoms with van der Waals surface area (Å²) in [6.45, 7) is 10.5. The van der Waals surface area contributed by atoms with E-state index in [2.05, 4.69) is 34.2 Å². The van der Waals surface area contributed by atoms with Crippen LogP contribution >= 0.6 is 0 Å². The molecular formula is C29H30N6O2. The van der Waals surface area contributed by atoms with E-state index in [-0.39, 0.29) is 17.9 Å². The zero-order valence-electron chi connectivity index (χ0n) is 20.8. The van der Waals surface area contributed by atoms with Crippen molar-refractivity contribution in [1.29, 1.82) is 0 Å². The molecule has 0 atom stereocenters. The molecule has 2 aliphatic rings. The number of carbonyl (C=O) groups excluding carboxylic acids is 2. The minimum absolute atomic E-state index is 0.111. The summed E-state index contributed by atoms with van der Waals surface area (Å²) >= 11 is 0. The number of rotatable bonds is 9. The third-order valence-electron chi connectivity index (χ3n) is 6.03. The van der Waals surface area contributed by atoms with Crippen LogP contribution in [0.25, 0.3) is 5.57 Å². The second-order valence-corrected chi connectivity index (χ2v) is 8.66. The molecule has 2 aromatic rings. The fraction of sp³-hybridized carbons (Fsp3) is 0.172. The zero-order chi connectivity index (χ0) is 26.2. The quantitative estimate of drug-likeness (QED) is 0.353. The Kier molecular flexibility index (Phi) is 8.10. The number of benzene rings is 2. The largest absolute Gasteiger partial charge is 0.379 e. The van der Waals surface area contributed by atoms with Gasteiger partial charge in [0.25, 0.3) is 0 Å². The Hall–Kier alpha value is -4.72. The van der Waals surface area contributed by atoms with Gasteiger partial charge in [0.1, 0.15) is 6.67 Å². The SMILES string of the molecule is C=CC(=O)Nc1cccc(C2=CC=C/C(=C/N=C)C2=NCNc2ccc(NC3CN(C(C)=O)C3)cc2)c1. The third kappa shape index (κ3) is 6.49. The smallest absolute Gasteiger partial charge is 0.247 e. The first-order valence-corrected chi connectivity index (χ1v) is 12.0. The molecule has 2 amide bonds. The van der Waals surface area contributed by atoms with Gasteiger partial charge in [0, 0.05) is 54.4 Å². The number of nitrogens with zero attached hydrogens (tertiary/aromatic N) is 3. The van der Waals surface area contributed by atoms with Gasteiger partial charge in [0.05, 0.1) is 11.8 Å². The molecule has 0 spiro atoms. The number of allylic oxidation sites excluding steroid dienone is 5. The van der Waals surface area contributed by atoms with E-state index in [0.29, 0.717) is 12.4 Å². The van der Waals surface area contributed by atoms with Crippen LogP contribution in [0.5, 0.6) is 0 Å². The molecule has 0 aromatic heterocycles. The molecule has 1 saturated heterocycles. The van der Waals surface area contributed by atoms with Crippen molar-refractivity contribution < 1.29 is 9.59 Å². The second kappa shape index (κ2) is 11.8. The Balaban J connectivity index is 1.44. The number of nitrogens with one attached hydrogen (secondary N) is 3. The molecular weight excluding hydrogens is 464 g/mol. The van der Waals surface area contributed by atoms with Crippen LogP contribution in [-0.4, -0.2) is 54.9 Å². The van der Waals surface area contributed by atoms with Crippen LogP contribution in [-0.2, 0) is 9.59 Å². The highest BCUT2D eigenvalue weighted by Gasteiger charge is 2.28. The summed E-state index contributed by atoms with van der Waals surface area (Å²) in [5.74, 6) is -0.157. The predicted octanol–water partition coefficient (Wildman–Crippen LogP) is 4.50. The minimum atomic E-state index is -0.267. The van der Waals surface area contributed by atoms with Crippen LogP contribution in [0.2, 0.25) is 0 Å². The summed E-state index contributed by atoms with van der Waals surface area (Å²) < 4.78 is 0. The number of hydrogen-bond acceptors (Lipinski definition) is 6. The van der Waals surface area contributed by atoms with E-state index in [0.717, 1.165) is 46.9 Å². The molecule has 2 aromatic carbocycles. The molecule has 4 rings (SSSR count). The van der Waals surface area contributed by atoms with Crippen molar-refractivity contribution in [3.63, 3.8) is 0 Å². The molecule has 1 aliphatic carbocycles. The zero-order valence-corrected chi connectivity index (χ0v) is 20.8. The second-order valence-electron chi connectivity index (χ2n) is 8.66. The number of aliphatic imine (C=N–C) groups is 2. The van der Waals surface area contributed by atoms with E-state index in [4.69, 9.17) is 4.99 Å². The summed E-state index contributed by atoms with van der Waals surface area (Å²) in [5.41, 5.74) is 6.06. The lowest BCUT2D eigenvalue weighted by Gasteiger charge is -2.39. The van der Waals surface area contributed by atoms with E-state index < -0.39 is 0 Å². The molecule has 0 bridgehead atoms. The minimum Gasteiger partial charge on any atom is -0.379 e. The lowest BCUT2D eigenvalue weighted by molar-refractivity contribution is -0.132. The van der Waals surface area contributed by atoms with Gasteiger partial charge in [-0.15, -0.1) is 0 Å². The first-order valence-electron chi connectivity index (χ1n) is 12.0. The molecule has 0 unspecified atom stereocenters. The molecule has 8 nitrogen and oxygen atoms in total. The molecule has 0 radical (unpaired) electrons. The van der Waals surface area contributed by atoms with Crippen LogP contribution in [0.4, 0.5) is 17.1 Å². The van der Waals surface area contributed by atoms with Crippen molar-refractivity contribution in [2.75, 3.05) is 35.7 Å². The van der Waals surface area contributed by atoms with Crippen LogP contribution in [0, 0.1) is 0 Å². The summed E-state index contributed by atoms with van der Waals surface area (Å²) in [6.07, 6.45) is 8.79. The number of hydrogen-bond donors (Lipinski definition) is 3. The third-order valence-corrected chi connectivity index (χ3v) is 6.03. The fourth-order valence-electron chi connectivity index (χ4n) is 4.09. The maximum atomic E-state index is 11.7. The Morgan fingerprint density at radius 2 is 1.86 bits per heavy atom. The molecule has 1 fully saturated rings. The highest BCUT2D eigenvalue weighted by atomic mass is 16.2. The Morgan fingerprint density at radius 3 is 2.57 bits per heavy atom. The van der Waals surface area contributed by atoms with Gasteiger partial charge in [0.15, 0.2) is 0 Å². The van der Waals surface area contributed by atoms with Gasteiger partial charge in [-0.2, -0.15) is 0 Å². The van der Waals surface area contributed by atoms with Gasteiger partial charge in [0.2, 0.25) is 11.8 Å². The van der Waals surface area contributed by atoms with Gasteiger partial charge in [-0.25, -0.2) is 0 Å². The van der Waals surface area contributed by atoms with Crippen molar-refractivity contribution in [3.05, 3.63) is 96.8 Å². The van der Waals surface area contributed by atoms with Crippen LogP contribution in [0.1, 0.15) is 12.5 Å². The summed E-state index contributed by atoms with van der Waals surface area (Å²) in [4.78, 5) is 33.7. The lowest BCUT2D eigenvalue weighted by Crippen LogP contribution is -2.56. The van der Waals surface area contributed by atoms with Crippen LogP contribution in [0.15, 0.2) is 101 Å². The normalized spacial score (nSPS) is 17.1. The number of likely N-dealkylation sites (tertiary alicyclic amines) is 1. The monoisotopic (exact) mass is 494 g/mol. The van der Waals surface area contributed by atoms with Crippen LogP contribution < -0.4 is 16.0 Å². The highest BCUT2D eigenvalue weighted by Crippen LogP contribution is 2.27. The maximum Gasteiger partial charge on any atom is 0.247 e. The standard InChI is InChI=1S/C29H30N6O2/c1-4-28(37)34-25-9-5-7-21(15-25)27-10-6-8-22(16-30-3)29(27)32-19-31-23-11-13-24(14-12-23)33-26-17-35(18-26)20(2)36/h4-16,26,31,33H,1,3,17-19H2,2H3,(H,34,37)/b22-16-,32-29?. The highest BCUT2D eigenvalue weighted by molar-refractivity contribution is 6.34.